The van der Waals surface area contributed by atoms with Gasteiger partial charge in [-0.05, 0) is 45.6 Å². The van der Waals surface area contributed by atoms with Crippen LogP contribution >= 0.6 is 12.4 Å². The summed E-state index contributed by atoms with van der Waals surface area (Å²) in [6.45, 7) is 5.02. The predicted molar refractivity (Wildman–Crippen MR) is 77.2 cm³/mol. The number of carbonyl (C=O) groups is 1. The van der Waals surface area contributed by atoms with Crippen molar-refractivity contribution in [1.29, 1.82) is 0 Å². The maximum atomic E-state index is 12.6. The monoisotopic (exact) mass is 274 g/mol. The molecule has 4 heteroatoms. The van der Waals surface area contributed by atoms with E-state index in [2.05, 4.69) is 17.1 Å². The highest BCUT2D eigenvalue weighted by Gasteiger charge is 2.37. The molecule has 2 aliphatic heterocycles. The van der Waals surface area contributed by atoms with Gasteiger partial charge in [0.15, 0.2) is 0 Å². The van der Waals surface area contributed by atoms with Gasteiger partial charge in [0.1, 0.15) is 0 Å². The second kappa shape index (κ2) is 7.34. The van der Waals surface area contributed by atoms with Gasteiger partial charge in [-0.25, -0.2) is 0 Å². The van der Waals surface area contributed by atoms with E-state index in [0.29, 0.717) is 5.91 Å². The number of rotatable bonds is 1. The van der Waals surface area contributed by atoms with Gasteiger partial charge in [0.05, 0.1) is 5.54 Å². The van der Waals surface area contributed by atoms with Gasteiger partial charge in [-0.3, -0.25) is 4.79 Å². The van der Waals surface area contributed by atoms with Gasteiger partial charge in [-0.2, -0.15) is 0 Å². The Morgan fingerprint density at radius 3 is 2.17 bits per heavy atom. The number of halogens is 1. The number of likely N-dealkylation sites (tertiary alicyclic amines) is 1. The zero-order valence-electron chi connectivity index (χ0n) is 11.5. The van der Waals surface area contributed by atoms with Gasteiger partial charge in [-0.15, -0.1) is 12.4 Å². The summed E-state index contributed by atoms with van der Waals surface area (Å²) in [5.41, 5.74) is -0.280. The number of amides is 1. The summed E-state index contributed by atoms with van der Waals surface area (Å²) in [5, 5.41) is 3.44. The summed E-state index contributed by atoms with van der Waals surface area (Å²) in [4.78, 5) is 14.7. The fourth-order valence-electron chi connectivity index (χ4n) is 3.04. The molecule has 0 aromatic carbocycles. The molecule has 0 spiro atoms. The molecule has 1 unspecified atom stereocenters. The Labute approximate surface area is 117 Å². The van der Waals surface area contributed by atoms with Crippen LogP contribution in [-0.2, 0) is 4.79 Å². The standard InChI is InChI=1S/C14H26N2O.ClH/c1-14(9-5-6-10-15-14)13(17)16-11-7-3-2-4-8-12-16;/h15H,2-12H2,1H3;1H. The molecule has 0 aromatic heterocycles. The number of nitrogens with one attached hydrogen (secondary N) is 1. The van der Waals surface area contributed by atoms with Crippen molar-refractivity contribution >= 4 is 18.3 Å². The number of carbonyl (C=O) groups excluding carboxylic acids is 1. The van der Waals surface area contributed by atoms with Crippen molar-refractivity contribution in [3.8, 4) is 0 Å². The van der Waals surface area contributed by atoms with Crippen molar-refractivity contribution in [3.63, 3.8) is 0 Å². The lowest BCUT2D eigenvalue weighted by molar-refractivity contribution is -0.139. The highest BCUT2D eigenvalue weighted by atomic mass is 35.5. The third-order valence-electron chi connectivity index (χ3n) is 4.23. The van der Waals surface area contributed by atoms with Crippen molar-refractivity contribution < 1.29 is 4.79 Å². The molecular weight excluding hydrogens is 248 g/mol. The Hall–Kier alpha value is -0.280. The zero-order chi connectivity index (χ0) is 12.1. The van der Waals surface area contributed by atoms with Crippen LogP contribution in [-0.4, -0.2) is 36.0 Å². The molecule has 106 valence electrons. The maximum absolute atomic E-state index is 12.6. The normalized spacial score (nSPS) is 29.9. The Bertz CT molecular complexity index is 257. The summed E-state index contributed by atoms with van der Waals surface area (Å²) in [6.07, 6.45) is 9.68. The SMILES string of the molecule is CC1(C(=O)N2CCCCCCC2)CCCCN1.Cl. The third-order valence-corrected chi connectivity index (χ3v) is 4.23. The van der Waals surface area contributed by atoms with E-state index >= 15 is 0 Å². The van der Waals surface area contributed by atoms with E-state index < -0.39 is 0 Å². The molecular formula is C14H27ClN2O. The summed E-state index contributed by atoms with van der Waals surface area (Å²) in [5.74, 6) is 0.346. The lowest BCUT2D eigenvalue weighted by Crippen LogP contribution is -2.58. The van der Waals surface area contributed by atoms with Crippen molar-refractivity contribution in [2.24, 2.45) is 0 Å². The number of hydrogen-bond donors (Lipinski definition) is 1. The summed E-state index contributed by atoms with van der Waals surface area (Å²) < 4.78 is 0. The molecule has 0 aliphatic carbocycles. The summed E-state index contributed by atoms with van der Waals surface area (Å²) in [7, 11) is 0. The first-order chi connectivity index (χ1) is 8.22. The minimum atomic E-state index is -0.280. The molecule has 1 N–H and O–H groups in total. The van der Waals surface area contributed by atoms with E-state index in [9.17, 15) is 4.79 Å². The Kier molecular flexibility index (Phi) is 6.44. The zero-order valence-corrected chi connectivity index (χ0v) is 12.4. The van der Waals surface area contributed by atoms with Crippen LogP contribution in [0.5, 0.6) is 0 Å². The quantitative estimate of drug-likeness (QED) is 0.797. The first-order valence-electron chi connectivity index (χ1n) is 7.27. The van der Waals surface area contributed by atoms with E-state index in [0.717, 1.165) is 26.1 Å². The first-order valence-corrected chi connectivity index (χ1v) is 7.27. The minimum Gasteiger partial charge on any atom is -0.341 e. The second-order valence-electron chi connectivity index (χ2n) is 5.78. The van der Waals surface area contributed by atoms with Crippen LogP contribution in [0.1, 0.15) is 58.3 Å². The van der Waals surface area contributed by atoms with Gasteiger partial charge < -0.3 is 10.2 Å². The smallest absolute Gasteiger partial charge is 0.242 e. The van der Waals surface area contributed by atoms with Crippen LogP contribution in [0.2, 0.25) is 0 Å². The van der Waals surface area contributed by atoms with E-state index in [1.165, 1.54) is 44.9 Å². The number of hydrogen-bond acceptors (Lipinski definition) is 2. The molecule has 2 fully saturated rings. The molecule has 2 heterocycles. The van der Waals surface area contributed by atoms with Gasteiger partial charge in [0.2, 0.25) is 5.91 Å². The highest BCUT2D eigenvalue weighted by molar-refractivity contribution is 5.86. The topological polar surface area (TPSA) is 32.3 Å². The van der Waals surface area contributed by atoms with Crippen molar-refractivity contribution in [2.75, 3.05) is 19.6 Å². The van der Waals surface area contributed by atoms with Gasteiger partial charge in [-0.1, -0.05) is 19.3 Å². The Balaban J connectivity index is 0.00000162. The second-order valence-corrected chi connectivity index (χ2v) is 5.78. The van der Waals surface area contributed by atoms with Crippen molar-refractivity contribution in [3.05, 3.63) is 0 Å². The van der Waals surface area contributed by atoms with Crippen LogP contribution in [0.4, 0.5) is 0 Å². The minimum absolute atomic E-state index is 0. The van der Waals surface area contributed by atoms with Crippen LogP contribution in [0.25, 0.3) is 0 Å². The molecule has 1 atom stereocenters. The number of nitrogens with zero attached hydrogens (tertiary/aromatic N) is 1. The van der Waals surface area contributed by atoms with Gasteiger partial charge >= 0.3 is 0 Å². The largest absolute Gasteiger partial charge is 0.341 e. The van der Waals surface area contributed by atoms with Gasteiger partial charge in [0, 0.05) is 13.1 Å². The fourth-order valence-corrected chi connectivity index (χ4v) is 3.04. The molecule has 0 saturated carbocycles. The molecule has 1 amide bonds. The number of piperidine rings is 1. The van der Waals surface area contributed by atoms with E-state index in [1.54, 1.807) is 0 Å². The fraction of sp³-hybridized carbons (Fsp3) is 0.929. The lowest BCUT2D eigenvalue weighted by atomic mass is 9.89. The van der Waals surface area contributed by atoms with E-state index in [1.807, 2.05) is 0 Å². The molecule has 18 heavy (non-hydrogen) atoms. The lowest BCUT2D eigenvalue weighted by Gasteiger charge is -2.38. The van der Waals surface area contributed by atoms with Crippen LogP contribution in [0, 0.1) is 0 Å². The van der Waals surface area contributed by atoms with Crippen molar-refractivity contribution in [1.82, 2.24) is 10.2 Å². The first kappa shape index (κ1) is 15.8. The van der Waals surface area contributed by atoms with Crippen LogP contribution < -0.4 is 5.32 Å². The average Bonchev–Trinajstić information content (AvgIpc) is 2.29. The van der Waals surface area contributed by atoms with Crippen LogP contribution in [0.15, 0.2) is 0 Å². The van der Waals surface area contributed by atoms with Gasteiger partial charge in [0.25, 0.3) is 0 Å². The molecule has 0 radical (unpaired) electrons. The highest BCUT2D eigenvalue weighted by Crippen LogP contribution is 2.22. The molecule has 0 aromatic rings. The van der Waals surface area contributed by atoms with Crippen LogP contribution in [0.3, 0.4) is 0 Å². The average molecular weight is 275 g/mol. The molecule has 0 bridgehead atoms. The summed E-state index contributed by atoms with van der Waals surface area (Å²) in [6, 6.07) is 0. The van der Waals surface area contributed by atoms with E-state index in [-0.39, 0.29) is 17.9 Å². The molecule has 3 nitrogen and oxygen atoms in total. The molecule has 2 aliphatic rings. The summed E-state index contributed by atoms with van der Waals surface area (Å²) >= 11 is 0. The van der Waals surface area contributed by atoms with E-state index in [4.69, 9.17) is 0 Å². The Morgan fingerprint density at radius 2 is 1.61 bits per heavy atom. The maximum Gasteiger partial charge on any atom is 0.242 e. The Morgan fingerprint density at radius 1 is 1.00 bits per heavy atom. The predicted octanol–water partition coefficient (Wildman–Crippen LogP) is 2.73. The molecule has 2 saturated heterocycles. The third kappa shape index (κ3) is 3.86. The van der Waals surface area contributed by atoms with Crippen molar-refractivity contribution in [2.45, 2.75) is 63.8 Å². The molecule has 2 rings (SSSR count).